The summed E-state index contributed by atoms with van der Waals surface area (Å²) in [6.07, 6.45) is 0. The summed E-state index contributed by atoms with van der Waals surface area (Å²) in [5.74, 6) is -1.44. The first-order chi connectivity index (χ1) is 17.2. The van der Waals surface area contributed by atoms with Gasteiger partial charge >= 0.3 is 11.9 Å². The molecule has 1 heterocycles. The number of methoxy groups -OCH3 is 2. The third-order valence-corrected chi connectivity index (χ3v) is 6.01. The molecule has 0 aliphatic heterocycles. The Bertz CT molecular complexity index is 1250. The number of benzene rings is 2. The highest BCUT2D eigenvalue weighted by Gasteiger charge is 2.17. The molecule has 0 aliphatic rings. The smallest absolute Gasteiger partial charge is 0.337 e. The molecule has 0 radical (unpaired) electrons. The number of nitrogens with zero attached hydrogens (tertiary/aromatic N) is 3. The zero-order valence-corrected chi connectivity index (χ0v) is 21.1. The molecule has 13 heteroatoms. The van der Waals surface area contributed by atoms with Gasteiger partial charge in [0.25, 0.3) is 0 Å². The first-order valence-electron chi connectivity index (χ1n) is 10.5. The molecule has 3 aromatic rings. The molecule has 0 atom stereocenters. The number of thioether (sulfide) groups is 1. The van der Waals surface area contributed by atoms with E-state index in [0.29, 0.717) is 23.3 Å². The maximum atomic E-state index is 13.2. The number of carbonyl (C=O) groups excluding carboxylic acids is 3. The van der Waals surface area contributed by atoms with Crippen LogP contribution in [-0.2, 0) is 27.4 Å². The van der Waals surface area contributed by atoms with Gasteiger partial charge in [-0.25, -0.2) is 14.0 Å². The number of anilines is 1. The van der Waals surface area contributed by atoms with Gasteiger partial charge in [-0.3, -0.25) is 4.79 Å². The van der Waals surface area contributed by atoms with E-state index in [-0.39, 0.29) is 34.2 Å². The number of carbonyl (C=O) groups is 3. The van der Waals surface area contributed by atoms with E-state index in [1.807, 2.05) is 6.92 Å². The maximum Gasteiger partial charge on any atom is 0.337 e. The lowest BCUT2D eigenvalue weighted by atomic mass is 10.1. The zero-order chi connectivity index (χ0) is 26.2. The van der Waals surface area contributed by atoms with Crippen molar-refractivity contribution in [2.75, 3.05) is 25.3 Å². The Kier molecular flexibility index (Phi) is 9.25. The second-order valence-electron chi connectivity index (χ2n) is 7.13. The predicted octanol–water partition coefficient (Wildman–Crippen LogP) is 3.97. The average molecular weight is 537 g/mol. The molecule has 3 rings (SSSR count). The molecule has 0 aliphatic carbocycles. The Balaban J connectivity index is 1.66. The summed E-state index contributed by atoms with van der Waals surface area (Å²) in [6, 6.07) is 7.91. The highest BCUT2D eigenvalue weighted by molar-refractivity contribution is 7.99. The van der Waals surface area contributed by atoms with Gasteiger partial charge < -0.3 is 24.1 Å². The van der Waals surface area contributed by atoms with Crippen LogP contribution in [0.4, 0.5) is 10.1 Å². The van der Waals surface area contributed by atoms with Crippen molar-refractivity contribution in [2.24, 2.45) is 0 Å². The summed E-state index contributed by atoms with van der Waals surface area (Å²) in [5.41, 5.74) is 0.395. The predicted molar refractivity (Wildman–Crippen MR) is 130 cm³/mol. The summed E-state index contributed by atoms with van der Waals surface area (Å²) >= 11 is 7.13. The molecule has 0 spiro atoms. The van der Waals surface area contributed by atoms with Crippen LogP contribution in [-0.4, -0.2) is 52.6 Å². The lowest BCUT2D eigenvalue weighted by molar-refractivity contribution is -0.113. The van der Waals surface area contributed by atoms with Gasteiger partial charge in [0.15, 0.2) is 11.0 Å². The van der Waals surface area contributed by atoms with E-state index in [1.54, 1.807) is 4.57 Å². The molecule has 2 aromatic carbocycles. The van der Waals surface area contributed by atoms with Crippen LogP contribution in [0.2, 0.25) is 5.02 Å². The Morgan fingerprint density at radius 1 is 1.06 bits per heavy atom. The molecule has 10 nitrogen and oxygen atoms in total. The van der Waals surface area contributed by atoms with Crippen LogP contribution in [0.15, 0.2) is 41.6 Å². The SMILES string of the molecule is CCn1c(COc2ccc(F)cc2Cl)nnc1SCC(=O)Nc1cc(C(=O)OC)cc(C(=O)OC)c1. The maximum absolute atomic E-state index is 13.2. The first-order valence-corrected chi connectivity index (χ1v) is 11.9. The number of amides is 1. The quantitative estimate of drug-likeness (QED) is 0.303. The molecule has 1 N–H and O–H groups in total. The molecule has 190 valence electrons. The average Bonchev–Trinajstić information content (AvgIpc) is 3.27. The summed E-state index contributed by atoms with van der Waals surface area (Å²) < 4.78 is 30.0. The number of ether oxygens (including phenoxy) is 3. The molecule has 1 aromatic heterocycles. The minimum absolute atomic E-state index is 0.0290. The minimum Gasteiger partial charge on any atom is -0.484 e. The number of hydrogen-bond acceptors (Lipinski definition) is 9. The van der Waals surface area contributed by atoms with Gasteiger partial charge in [-0.15, -0.1) is 10.2 Å². The van der Waals surface area contributed by atoms with E-state index < -0.39 is 23.7 Å². The molecule has 0 bridgehead atoms. The minimum atomic E-state index is -0.668. The van der Waals surface area contributed by atoms with Crippen LogP contribution in [0.5, 0.6) is 5.75 Å². The molecule has 0 saturated heterocycles. The standard InChI is InChI=1S/C23H22ClFN4O6S/c1-4-29-19(11-35-18-6-5-15(25)10-17(18)24)27-28-23(29)36-12-20(30)26-16-8-13(21(31)33-2)7-14(9-16)22(32)34-3/h5-10H,4,11-12H2,1-3H3,(H,26,30). The van der Waals surface area contributed by atoms with E-state index in [1.165, 1.54) is 44.6 Å². The summed E-state index contributed by atoms with van der Waals surface area (Å²) in [7, 11) is 2.42. The van der Waals surface area contributed by atoms with E-state index in [2.05, 4.69) is 15.5 Å². The van der Waals surface area contributed by atoms with Gasteiger partial charge in [0.05, 0.1) is 36.1 Å². The number of hydrogen-bond donors (Lipinski definition) is 1. The van der Waals surface area contributed by atoms with Crippen molar-refractivity contribution in [1.29, 1.82) is 0 Å². The summed E-state index contributed by atoms with van der Waals surface area (Å²) in [5, 5.41) is 11.5. The highest BCUT2D eigenvalue weighted by atomic mass is 35.5. The van der Waals surface area contributed by atoms with Crippen molar-refractivity contribution in [3.63, 3.8) is 0 Å². The molecule has 0 unspecified atom stereocenters. The molecule has 0 saturated carbocycles. The van der Waals surface area contributed by atoms with E-state index >= 15 is 0 Å². The van der Waals surface area contributed by atoms with E-state index in [0.717, 1.165) is 17.8 Å². The third kappa shape index (κ3) is 6.73. The van der Waals surface area contributed by atoms with E-state index in [4.69, 9.17) is 25.8 Å². The fourth-order valence-corrected chi connectivity index (χ4v) is 4.13. The Morgan fingerprint density at radius 3 is 2.31 bits per heavy atom. The van der Waals surface area contributed by atoms with Gasteiger partial charge in [-0.1, -0.05) is 23.4 Å². The van der Waals surface area contributed by atoms with Crippen LogP contribution in [0, 0.1) is 5.82 Å². The highest BCUT2D eigenvalue weighted by Crippen LogP contribution is 2.26. The van der Waals surface area contributed by atoms with Crippen LogP contribution in [0.25, 0.3) is 0 Å². The second-order valence-corrected chi connectivity index (χ2v) is 8.48. The Morgan fingerprint density at radius 2 is 1.72 bits per heavy atom. The van der Waals surface area contributed by atoms with Crippen LogP contribution in [0.1, 0.15) is 33.5 Å². The number of esters is 2. The Hall–Kier alpha value is -3.64. The fourth-order valence-electron chi connectivity index (χ4n) is 3.08. The molecular formula is C23H22ClFN4O6S. The van der Waals surface area contributed by atoms with Crippen molar-refractivity contribution in [2.45, 2.75) is 25.2 Å². The number of halogens is 2. The molecule has 0 fully saturated rings. The van der Waals surface area contributed by atoms with Gasteiger partial charge in [-0.2, -0.15) is 0 Å². The van der Waals surface area contributed by atoms with Crippen molar-refractivity contribution in [3.8, 4) is 5.75 Å². The van der Waals surface area contributed by atoms with Crippen LogP contribution in [0.3, 0.4) is 0 Å². The molecule has 36 heavy (non-hydrogen) atoms. The number of rotatable bonds is 10. The molecule has 1 amide bonds. The second kappa shape index (κ2) is 12.4. The van der Waals surface area contributed by atoms with Crippen molar-refractivity contribution in [1.82, 2.24) is 14.8 Å². The normalized spacial score (nSPS) is 10.6. The fraction of sp³-hybridized carbons (Fsp3) is 0.261. The zero-order valence-electron chi connectivity index (χ0n) is 19.5. The van der Waals surface area contributed by atoms with Gasteiger partial charge in [0.2, 0.25) is 5.91 Å². The third-order valence-electron chi connectivity index (χ3n) is 4.75. The van der Waals surface area contributed by atoms with Crippen molar-refractivity contribution < 1.29 is 33.0 Å². The summed E-state index contributed by atoms with van der Waals surface area (Å²) in [6.45, 7) is 2.43. The topological polar surface area (TPSA) is 122 Å². The van der Waals surface area contributed by atoms with Crippen LogP contribution >= 0.6 is 23.4 Å². The lowest BCUT2D eigenvalue weighted by Crippen LogP contribution is -2.16. The van der Waals surface area contributed by atoms with Crippen molar-refractivity contribution in [3.05, 3.63) is 64.2 Å². The molecular weight excluding hydrogens is 515 g/mol. The van der Waals surface area contributed by atoms with Gasteiger partial charge in [0, 0.05) is 12.2 Å². The van der Waals surface area contributed by atoms with E-state index in [9.17, 15) is 18.8 Å². The number of aromatic nitrogens is 3. The van der Waals surface area contributed by atoms with Crippen molar-refractivity contribution >= 4 is 46.9 Å². The lowest BCUT2D eigenvalue weighted by Gasteiger charge is -2.11. The van der Waals surface area contributed by atoms with Crippen LogP contribution < -0.4 is 10.1 Å². The van der Waals surface area contributed by atoms with Gasteiger partial charge in [0.1, 0.15) is 18.2 Å². The largest absolute Gasteiger partial charge is 0.484 e. The van der Waals surface area contributed by atoms with Gasteiger partial charge in [-0.05, 0) is 43.3 Å². The monoisotopic (exact) mass is 536 g/mol. The first kappa shape index (κ1) is 27.0. The number of nitrogens with one attached hydrogen (secondary N) is 1. The summed E-state index contributed by atoms with van der Waals surface area (Å²) in [4.78, 5) is 36.4. The Labute approximate surface area is 215 Å².